The number of aryl methyl sites for hydroxylation is 2. The first-order valence-electron chi connectivity index (χ1n) is 16.8. The van der Waals surface area contributed by atoms with E-state index in [-0.39, 0.29) is 31.6 Å². The molecule has 0 heterocycles. The average Bonchev–Trinajstić information content (AvgIpc) is 3.15. The van der Waals surface area contributed by atoms with Gasteiger partial charge in [-0.2, -0.15) is 0 Å². The third-order valence-electron chi connectivity index (χ3n) is 8.20. The second-order valence-corrected chi connectivity index (χ2v) is 11.9. The summed E-state index contributed by atoms with van der Waals surface area (Å²) >= 11 is 0. The van der Waals surface area contributed by atoms with E-state index < -0.39 is 18.2 Å². The molecule has 49 heavy (non-hydrogen) atoms. The maximum absolute atomic E-state index is 13.6. The summed E-state index contributed by atoms with van der Waals surface area (Å²) in [5, 5.41) is 8.77. The van der Waals surface area contributed by atoms with E-state index in [0.29, 0.717) is 32.2 Å². The van der Waals surface area contributed by atoms with Crippen LogP contribution >= 0.6 is 0 Å². The van der Waals surface area contributed by atoms with Gasteiger partial charge in [-0.3, -0.25) is 4.79 Å². The SMILES string of the molecule is COc1ccc(CCC(CCc2ccccc2)C(=O)NC[C@H](CCCNC(=O)OCc2ccccc2)NC(=O)OCc2ccccc2)cc1. The summed E-state index contributed by atoms with van der Waals surface area (Å²) < 4.78 is 16.0. The molecule has 9 nitrogen and oxygen atoms in total. The first-order chi connectivity index (χ1) is 24.0. The number of hydrogen-bond acceptors (Lipinski definition) is 6. The fourth-order valence-corrected chi connectivity index (χ4v) is 5.36. The molecule has 3 N–H and O–H groups in total. The van der Waals surface area contributed by atoms with Crippen LogP contribution < -0.4 is 20.7 Å². The quantitative estimate of drug-likeness (QED) is 0.0930. The van der Waals surface area contributed by atoms with E-state index in [1.54, 1.807) is 7.11 Å². The topological polar surface area (TPSA) is 115 Å². The third kappa shape index (κ3) is 14.1. The van der Waals surface area contributed by atoms with Crippen molar-refractivity contribution >= 4 is 18.1 Å². The zero-order valence-corrected chi connectivity index (χ0v) is 28.1. The molecule has 2 atom stereocenters. The third-order valence-corrected chi connectivity index (χ3v) is 8.20. The highest BCUT2D eigenvalue weighted by molar-refractivity contribution is 5.78. The van der Waals surface area contributed by atoms with Crippen LogP contribution in [-0.2, 0) is 40.3 Å². The summed E-state index contributed by atoms with van der Waals surface area (Å²) in [4.78, 5) is 38.7. The van der Waals surface area contributed by atoms with Gasteiger partial charge in [-0.25, -0.2) is 9.59 Å². The molecule has 0 saturated carbocycles. The van der Waals surface area contributed by atoms with Crippen LogP contribution in [0.15, 0.2) is 115 Å². The van der Waals surface area contributed by atoms with E-state index >= 15 is 0 Å². The number of methoxy groups -OCH3 is 1. The number of hydrogen-bond donors (Lipinski definition) is 3. The average molecular weight is 666 g/mol. The smallest absolute Gasteiger partial charge is 0.407 e. The largest absolute Gasteiger partial charge is 0.497 e. The Labute approximate surface area is 289 Å². The molecule has 4 rings (SSSR count). The minimum Gasteiger partial charge on any atom is -0.497 e. The van der Waals surface area contributed by atoms with Crippen molar-refractivity contribution in [2.24, 2.45) is 5.92 Å². The van der Waals surface area contributed by atoms with Gasteiger partial charge in [-0.05, 0) is 72.9 Å². The molecule has 0 bridgehead atoms. The summed E-state index contributed by atoms with van der Waals surface area (Å²) in [5.41, 5.74) is 4.09. The Kier molecular flexibility index (Phi) is 15.5. The fourth-order valence-electron chi connectivity index (χ4n) is 5.36. The zero-order chi connectivity index (χ0) is 34.5. The van der Waals surface area contributed by atoms with E-state index in [0.717, 1.165) is 35.3 Å². The number of amides is 3. The Morgan fingerprint density at radius 3 is 1.65 bits per heavy atom. The summed E-state index contributed by atoms with van der Waals surface area (Å²) in [6.45, 7) is 0.885. The molecule has 0 aromatic heterocycles. The van der Waals surface area contributed by atoms with Crippen LogP contribution in [0.5, 0.6) is 5.75 Å². The molecule has 0 fully saturated rings. The number of ether oxygens (including phenoxy) is 3. The van der Waals surface area contributed by atoms with Crippen molar-refractivity contribution < 1.29 is 28.6 Å². The first kappa shape index (κ1) is 36.5. The molecule has 4 aromatic carbocycles. The summed E-state index contributed by atoms with van der Waals surface area (Å²) in [5.74, 6) is 0.507. The highest BCUT2D eigenvalue weighted by atomic mass is 16.6. The number of nitrogens with one attached hydrogen (secondary N) is 3. The van der Waals surface area contributed by atoms with Gasteiger partial charge in [0.05, 0.1) is 7.11 Å². The minimum absolute atomic E-state index is 0.0588. The highest BCUT2D eigenvalue weighted by Gasteiger charge is 2.21. The molecule has 1 unspecified atom stereocenters. The van der Waals surface area contributed by atoms with Crippen LogP contribution in [0.3, 0.4) is 0 Å². The van der Waals surface area contributed by atoms with Crippen molar-refractivity contribution in [3.05, 3.63) is 138 Å². The Morgan fingerprint density at radius 1 is 0.592 bits per heavy atom. The van der Waals surface area contributed by atoms with Crippen LogP contribution in [-0.4, -0.2) is 44.3 Å². The van der Waals surface area contributed by atoms with E-state index in [2.05, 4.69) is 28.1 Å². The number of carbonyl (C=O) groups excluding carboxylic acids is 3. The van der Waals surface area contributed by atoms with Crippen LogP contribution in [0.4, 0.5) is 9.59 Å². The first-order valence-corrected chi connectivity index (χ1v) is 16.8. The van der Waals surface area contributed by atoms with Crippen LogP contribution in [0.2, 0.25) is 0 Å². The van der Waals surface area contributed by atoms with E-state index in [1.807, 2.05) is 103 Å². The molecule has 3 amide bonds. The molecule has 4 aromatic rings. The standard InChI is InChI=1S/C40H47N3O6/c1-47-37-25-21-32(22-26-37)20-24-35(23-19-31-12-5-2-6-13-31)38(44)42-28-36(43-40(46)49-30-34-16-9-4-10-17-34)18-11-27-41-39(45)48-29-33-14-7-3-8-15-33/h2-10,12-17,21-22,25-26,35-36H,11,18-20,23-24,27-30H2,1H3,(H,41,45)(H,42,44)(H,43,46)/t35?,36-/m0/s1. The van der Waals surface area contributed by atoms with Crippen LogP contribution in [0, 0.1) is 5.92 Å². The molecule has 9 heteroatoms. The zero-order valence-electron chi connectivity index (χ0n) is 28.1. The number of rotatable bonds is 19. The van der Waals surface area contributed by atoms with Gasteiger partial charge in [0.1, 0.15) is 19.0 Å². The van der Waals surface area contributed by atoms with Crippen molar-refractivity contribution in [2.75, 3.05) is 20.2 Å². The van der Waals surface area contributed by atoms with Crippen molar-refractivity contribution in [2.45, 2.75) is 57.8 Å². The van der Waals surface area contributed by atoms with Crippen molar-refractivity contribution in [3.8, 4) is 5.75 Å². The Bertz CT molecular complexity index is 1540. The molecular weight excluding hydrogens is 618 g/mol. The maximum atomic E-state index is 13.6. The number of benzene rings is 4. The van der Waals surface area contributed by atoms with Crippen molar-refractivity contribution in [1.29, 1.82) is 0 Å². The Morgan fingerprint density at radius 2 is 1.10 bits per heavy atom. The van der Waals surface area contributed by atoms with E-state index in [1.165, 1.54) is 5.56 Å². The highest BCUT2D eigenvalue weighted by Crippen LogP contribution is 2.19. The van der Waals surface area contributed by atoms with Crippen molar-refractivity contribution in [3.63, 3.8) is 0 Å². The molecular formula is C40H47N3O6. The molecule has 0 saturated heterocycles. The normalized spacial score (nSPS) is 11.9. The second kappa shape index (κ2) is 20.8. The van der Waals surface area contributed by atoms with Gasteiger partial charge in [0.25, 0.3) is 0 Å². The van der Waals surface area contributed by atoms with Gasteiger partial charge < -0.3 is 30.2 Å². The summed E-state index contributed by atoms with van der Waals surface area (Å²) in [6.07, 6.45) is 2.86. The number of alkyl carbamates (subject to hydrolysis) is 2. The van der Waals surface area contributed by atoms with Gasteiger partial charge in [-0.15, -0.1) is 0 Å². The Hall–Kier alpha value is -5.31. The summed E-state index contributed by atoms with van der Waals surface area (Å²) in [6, 6.07) is 36.5. The van der Waals surface area contributed by atoms with Crippen LogP contribution in [0.1, 0.15) is 47.9 Å². The summed E-state index contributed by atoms with van der Waals surface area (Å²) in [7, 11) is 1.64. The lowest BCUT2D eigenvalue weighted by Gasteiger charge is -2.22. The predicted molar refractivity (Wildman–Crippen MR) is 190 cm³/mol. The molecule has 258 valence electrons. The molecule has 0 radical (unpaired) electrons. The lowest BCUT2D eigenvalue weighted by Crippen LogP contribution is -2.45. The lowest BCUT2D eigenvalue weighted by atomic mass is 9.92. The lowest BCUT2D eigenvalue weighted by molar-refractivity contribution is -0.125. The second-order valence-electron chi connectivity index (χ2n) is 11.9. The maximum Gasteiger partial charge on any atom is 0.407 e. The predicted octanol–water partition coefficient (Wildman–Crippen LogP) is 6.99. The van der Waals surface area contributed by atoms with Gasteiger partial charge in [0.2, 0.25) is 5.91 Å². The van der Waals surface area contributed by atoms with Gasteiger partial charge >= 0.3 is 12.2 Å². The number of carbonyl (C=O) groups is 3. The molecule has 0 aliphatic carbocycles. The van der Waals surface area contributed by atoms with Gasteiger partial charge in [0.15, 0.2) is 0 Å². The van der Waals surface area contributed by atoms with Crippen molar-refractivity contribution in [1.82, 2.24) is 16.0 Å². The van der Waals surface area contributed by atoms with E-state index in [4.69, 9.17) is 14.2 Å². The Balaban J connectivity index is 1.32. The van der Waals surface area contributed by atoms with E-state index in [9.17, 15) is 14.4 Å². The minimum atomic E-state index is -0.571. The molecule has 0 aliphatic rings. The molecule has 0 spiro atoms. The van der Waals surface area contributed by atoms with Gasteiger partial charge in [0, 0.05) is 25.0 Å². The fraction of sp³-hybridized carbons (Fsp3) is 0.325. The van der Waals surface area contributed by atoms with Gasteiger partial charge in [-0.1, -0.05) is 103 Å². The monoisotopic (exact) mass is 665 g/mol. The van der Waals surface area contributed by atoms with Crippen LogP contribution in [0.25, 0.3) is 0 Å². The molecule has 0 aliphatic heterocycles.